The molecule has 1 aliphatic heterocycles. The van der Waals surface area contributed by atoms with Gasteiger partial charge in [-0.25, -0.2) is 4.79 Å². The molecule has 1 N–H and O–H groups in total. The maximum atomic E-state index is 11.1. The second-order valence-electron chi connectivity index (χ2n) is 2.74. The van der Waals surface area contributed by atoms with Crippen LogP contribution in [0.1, 0.15) is 12.8 Å². The van der Waals surface area contributed by atoms with E-state index < -0.39 is 12.0 Å². The topological polar surface area (TPSA) is 57.6 Å². The minimum absolute atomic E-state index is 0.0871. The molecular formula is C7H11NO3S. The van der Waals surface area contributed by atoms with Crippen LogP contribution >= 0.6 is 12.6 Å². The average Bonchev–Trinajstić information content (AvgIpc) is 2.50. The van der Waals surface area contributed by atoms with Crippen molar-refractivity contribution in [3.05, 3.63) is 0 Å². The van der Waals surface area contributed by atoms with Crippen molar-refractivity contribution in [2.45, 2.75) is 18.9 Å². The number of hydrogen-bond acceptors (Lipinski definition) is 3. The Kier molecular flexibility index (Phi) is 2.97. The maximum absolute atomic E-state index is 11.1. The highest BCUT2D eigenvalue weighted by atomic mass is 32.1. The van der Waals surface area contributed by atoms with Gasteiger partial charge < -0.3 is 10.0 Å². The molecule has 1 rings (SSSR count). The second kappa shape index (κ2) is 3.80. The fraction of sp³-hybridized carbons (Fsp3) is 0.714. The van der Waals surface area contributed by atoms with E-state index in [-0.39, 0.29) is 11.7 Å². The molecule has 12 heavy (non-hydrogen) atoms. The quantitative estimate of drug-likeness (QED) is 0.601. The van der Waals surface area contributed by atoms with Crippen molar-refractivity contribution >= 4 is 24.5 Å². The number of thiol groups is 1. The number of hydrogen-bond donors (Lipinski definition) is 2. The van der Waals surface area contributed by atoms with Gasteiger partial charge >= 0.3 is 5.97 Å². The molecule has 0 aromatic heterocycles. The largest absolute Gasteiger partial charge is 0.480 e. The number of aliphatic carboxylic acids is 1. The molecule has 1 amide bonds. The van der Waals surface area contributed by atoms with Crippen LogP contribution in [0.15, 0.2) is 0 Å². The summed E-state index contributed by atoms with van der Waals surface area (Å²) in [4.78, 5) is 23.1. The van der Waals surface area contributed by atoms with E-state index in [1.54, 1.807) is 0 Å². The number of carboxylic acid groups (broad SMARTS) is 1. The number of likely N-dealkylation sites (tertiary alicyclic amines) is 1. The Morgan fingerprint density at radius 1 is 1.58 bits per heavy atom. The van der Waals surface area contributed by atoms with E-state index in [9.17, 15) is 9.59 Å². The second-order valence-corrected chi connectivity index (χ2v) is 3.06. The molecule has 0 unspecified atom stereocenters. The first-order valence-corrected chi connectivity index (χ1v) is 4.43. The summed E-state index contributed by atoms with van der Waals surface area (Å²) in [6.45, 7) is 0.552. The van der Waals surface area contributed by atoms with Crippen molar-refractivity contribution in [2.75, 3.05) is 12.3 Å². The molecule has 0 aliphatic carbocycles. The van der Waals surface area contributed by atoms with Gasteiger partial charge in [0.1, 0.15) is 6.04 Å². The molecule has 68 valence electrons. The predicted molar refractivity (Wildman–Crippen MR) is 46.2 cm³/mol. The number of amides is 1. The molecule has 0 bridgehead atoms. The van der Waals surface area contributed by atoms with E-state index >= 15 is 0 Å². The van der Waals surface area contributed by atoms with Crippen LogP contribution in [0.25, 0.3) is 0 Å². The highest BCUT2D eigenvalue weighted by molar-refractivity contribution is 7.81. The minimum atomic E-state index is -0.914. The summed E-state index contributed by atoms with van der Waals surface area (Å²) in [5.74, 6) is -1.02. The lowest BCUT2D eigenvalue weighted by molar-refractivity contribution is -0.147. The van der Waals surface area contributed by atoms with Gasteiger partial charge in [-0.1, -0.05) is 0 Å². The van der Waals surface area contributed by atoms with Gasteiger partial charge in [0.25, 0.3) is 0 Å². The lowest BCUT2D eigenvalue weighted by Gasteiger charge is -2.19. The molecule has 1 heterocycles. The summed E-state index contributed by atoms with van der Waals surface area (Å²) in [6, 6.07) is -0.621. The summed E-state index contributed by atoms with van der Waals surface area (Å²) in [5, 5.41) is 8.71. The molecule has 0 saturated carbocycles. The zero-order valence-corrected chi connectivity index (χ0v) is 7.46. The van der Waals surface area contributed by atoms with Crippen LogP contribution in [0.4, 0.5) is 0 Å². The molecule has 0 aromatic rings. The van der Waals surface area contributed by atoms with Crippen LogP contribution in [-0.2, 0) is 9.59 Å². The molecule has 4 nitrogen and oxygen atoms in total. The molecule has 0 aromatic carbocycles. The fourth-order valence-corrected chi connectivity index (χ4v) is 1.59. The normalized spacial score (nSPS) is 22.8. The highest BCUT2D eigenvalue weighted by Crippen LogP contribution is 2.17. The van der Waals surface area contributed by atoms with Crippen LogP contribution in [-0.4, -0.2) is 40.2 Å². The molecule has 1 fully saturated rings. The van der Waals surface area contributed by atoms with Crippen LogP contribution in [0.5, 0.6) is 0 Å². The van der Waals surface area contributed by atoms with E-state index in [4.69, 9.17) is 5.11 Å². The predicted octanol–water partition coefficient (Wildman–Crippen LogP) is -0.00820. The molecule has 1 atom stereocenters. The van der Waals surface area contributed by atoms with E-state index in [1.165, 1.54) is 4.90 Å². The zero-order chi connectivity index (χ0) is 9.14. The van der Waals surface area contributed by atoms with Gasteiger partial charge in [-0.15, -0.1) is 0 Å². The van der Waals surface area contributed by atoms with Crippen molar-refractivity contribution in [1.29, 1.82) is 0 Å². The number of carboxylic acids is 1. The van der Waals surface area contributed by atoms with Gasteiger partial charge in [-0.3, -0.25) is 4.79 Å². The molecule has 0 radical (unpaired) electrons. The van der Waals surface area contributed by atoms with Crippen LogP contribution in [0.3, 0.4) is 0 Å². The Morgan fingerprint density at radius 2 is 2.25 bits per heavy atom. The third-order valence-corrected chi connectivity index (χ3v) is 2.26. The van der Waals surface area contributed by atoms with Gasteiger partial charge in [-0.2, -0.15) is 12.6 Å². The SMILES string of the molecule is O=C(O)[C@@H]1CCCN1C(=O)CS. The first kappa shape index (κ1) is 9.38. The van der Waals surface area contributed by atoms with E-state index in [0.717, 1.165) is 6.42 Å². The maximum Gasteiger partial charge on any atom is 0.326 e. The molecule has 5 heteroatoms. The van der Waals surface area contributed by atoms with Crippen molar-refractivity contribution in [3.63, 3.8) is 0 Å². The average molecular weight is 189 g/mol. The lowest BCUT2D eigenvalue weighted by Crippen LogP contribution is -2.41. The van der Waals surface area contributed by atoms with Crippen LogP contribution in [0.2, 0.25) is 0 Å². The summed E-state index contributed by atoms with van der Waals surface area (Å²) in [7, 11) is 0. The minimum Gasteiger partial charge on any atom is -0.480 e. The van der Waals surface area contributed by atoms with Gasteiger partial charge in [0.05, 0.1) is 5.75 Å². The zero-order valence-electron chi connectivity index (χ0n) is 6.56. The molecular weight excluding hydrogens is 178 g/mol. The number of carbonyl (C=O) groups excluding carboxylic acids is 1. The highest BCUT2D eigenvalue weighted by Gasteiger charge is 2.32. The first-order chi connectivity index (χ1) is 5.66. The Bertz CT molecular complexity index is 207. The van der Waals surface area contributed by atoms with Gasteiger partial charge in [0, 0.05) is 6.54 Å². The van der Waals surface area contributed by atoms with Crippen molar-refractivity contribution < 1.29 is 14.7 Å². The standard InChI is InChI=1S/C7H11NO3S/c9-6(4-12)8-3-1-2-5(8)7(10)11/h5,12H,1-4H2,(H,10,11)/t5-/m0/s1. The lowest BCUT2D eigenvalue weighted by atomic mass is 10.2. The smallest absolute Gasteiger partial charge is 0.326 e. The number of nitrogens with zero attached hydrogens (tertiary/aromatic N) is 1. The van der Waals surface area contributed by atoms with Crippen molar-refractivity contribution in [3.8, 4) is 0 Å². The monoisotopic (exact) mass is 189 g/mol. The van der Waals surface area contributed by atoms with Crippen molar-refractivity contribution in [2.24, 2.45) is 0 Å². The summed E-state index contributed by atoms with van der Waals surface area (Å²) in [5.41, 5.74) is 0. The molecule has 0 spiro atoms. The number of carbonyl (C=O) groups is 2. The van der Waals surface area contributed by atoms with Crippen LogP contribution < -0.4 is 0 Å². The van der Waals surface area contributed by atoms with Gasteiger partial charge in [0.2, 0.25) is 5.91 Å². The Labute approximate surface area is 76.0 Å². The molecule has 1 aliphatic rings. The van der Waals surface area contributed by atoms with E-state index in [2.05, 4.69) is 12.6 Å². The van der Waals surface area contributed by atoms with E-state index in [0.29, 0.717) is 13.0 Å². The first-order valence-electron chi connectivity index (χ1n) is 3.80. The fourth-order valence-electron chi connectivity index (χ4n) is 1.41. The molecule has 1 saturated heterocycles. The third kappa shape index (κ3) is 1.72. The Morgan fingerprint density at radius 3 is 2.75 bits per heavy atom. The Balaban J connectivity index is 2.63. The third-order valence-electron chi connectivity index (χ3n) is 1.99. The summed E-state index contributed by atoms with van der Waals surface area (Å²) >= 11 is 3.82. The summed E-state index contributed by atoms with van der Waals surface area (Å²) in [6.07, 6.45) is 1.34. The number of rotatable bonds is 2. The van der Waals surface area contributed by atoms with Crippen LogP contribution in [0, 0.1) is 0 Å². The van der Waals surface area contributed by atoms with Gasteiger partial charge in [0.15, 0.2) is 0 Å². The van der Waals surface area contributed by atoms with Crippen molar-refractivity contribution in [1.82, 2.24) is 4.90 Å². The van der Waals surface area contributed by atoms with E-state index in [1.807, 2.05) is 0 Å². The van der Waals surface area contributed by atoms with Gasteiger partial charge in [-0.05, 0) is 12.8 Å². The Hall–Kier alpha value is -0.710. The summed E-state index contributed by atoms with van der Waals surface area (Å²) < 4.78 is 0.